The van der Waals surface area contributed by atoms with Crippen molar-refractivity contribution in [3.8, 4) is 45.3 Å². The third kappa shape index (κ3) is 5.65. The van der Waals surface area contributed by atoms with Gasteiger partial charge in [-0.25, -0.2) is 0 Å². The maximum absolute atomic E-state index is 4.36. The van der Waals surface area contributed by atoms with Crippen LogP contribution in [0.4, 0.5) is 0 Å². The van der Waals surface area contributed by atoms with Crippen molar-refractivity contribution >= 4 is 0 Å². The SMILES string of the molecule is [Zn+2].c1ccc(-c2ccccc2-c2ncc[n-]2)nc1.c1ccc(-c2ccccc2-c2ncc[n-]2)nc1. The van der Waals surface area contributed by atoms with Crippen LogP contribution in [0.5, 0.6) is 0 Å². The Kier molecular flexibility index (Phi) is 8.05. The van der Waals surface area contributed by atoms with Gasteiger partial charge in [0.05, 0.1) is 11.4 Å². The molecule has 0 N–H and O–H groups in total. The Hall–Kier alpha value is -4.22. The largest absolute Gasteiger partial charge is 2.00 e. The average Bonchev–Trinajstić information content (AvgIpc) is 3.65. The molecule has 4 aromatic heterocycles. The Labute approximate surface area is 216 Å². The summed E-state index contributed by atoms with van der Waals surface area (Å²) in [5.74, 6) is 1.48. The van der Waals surface area contributed by atoms with E-state index in [0.29, 0.717) is 0 Å². The topological polar surface area (TPSA) is 79.8 Å². The molecule has 6 rings (SSSR count). The molecule has 0 radical (unpaired) electrons. The van der Waals surface area contributed by atoms with Gasteiger partial charge in [0.1, 0.15) is 0 Å². The van der Waals surface area contributed by atoms with Crippen LogP contribution in [-0.4, -0.2) is 19.9 Å². The van der Waals surface area contributed by atoms with E-state index in [0.717, 1.165) is 45.3 Å². The van der Waals surface area contributed by atoms with E-state index < -0.39 is 0 Å². The van der Waals surface area contributed by atoms with Crippen molar-refractivity contribution in [1.29, 1.82) is 0 Å². The van der Waals surface area contributed by atoms with E-state index in [1.54, 1.807) is 37.2 Å². The molecular weight excluding hydrogens is 486 g/mol. The van der Waals surface area contributed by atoms with Crippen molar-refractivity contribution in [2.45, 2.75) is 0 Å². The van der Waals surface area contributed by atoms with Gasteiger partial charge in [0.15, 0.2) is 0 Å². The second kappa shape index (κ2) is 11.8. The minimum Gasteiger partial charge on any atom is -0.442 e. The summed E-state index contributed by atoms with van der Waals surface area (Å²) < 4.78 is 0. The predicted molar refractivity (Wildman–Crippen MR) is 132 cm³/mol. The summed E-state index contributed by atoms with van der Waals surface area (Å²) in [6, 6.07) is 27.8. The fraction of sp³-hybridized carbons (Fsp3) is 0. The molecule has 7 heteroatoms. The van der Waals surface area contributed by atoms with Crippen molar-refractivity contribution in [1.82, 2.24) is 29.9 Å². The molecule has 0 atom stereocenters. The van der Waals surface area contributed by atoms with Crippen molar-refractivity contribution in [2.24, 2.45) is 0 Å². The van der Waals surface area contributed by atoms with Crippen LogP contribution in [0.3, 0.4) is 0 Å². The first-order chi connectivity index (χ1) is 16.9. The fourth-order valence-electron chi connectivity index (χ4n) is 3.61. The standard InChI is InChI=1S/2C14H10N3.Zn/c2*1-2-6-12(14-16-9-10-17-14)11(5-1)13-7-3-4-8-15-13;/h2*1-10H;/q2*-1;+2. The summed E-state index contributed by atoms with van der Waals surface area (Å²) in [6.45, 7) is 0. The molecule has 4 heterocycles. The Morgan fingerprint density at radius 2 is 0.800 bits per heavy atom. The molecule has 0 unspecified atom stereocenters. The fourth-order valence-corrected chi connectivity index (χ4v) is 3.61. The molecule has 0 aliphatic carbocycles. The maximum atomic E-state index is 4.36. The predicted octanol–water partition coefficient (Wildman–Crippen LogP) is 5.53. The van der Waals surface area contributed by atoms with E-state index in [-0.39, 0.29) is 19.5 Å². The zero-order valence-corrected chi connectivity index (χ0v) is 21.9. The van der Waals surface area contributed by atoms with Gasteiger partial charge in [-0.1, -0.05) is 97.1 Å². The molecule has 0 aliphatic heterocycles. The van der Waals surface area contributed by atoms with Gasteiger partial charge >= 0.3 is 19.5 Å². The molecule has 6 aromatic rings. The number of pyridine rings is 2. The van der Waals surface area contributed by atoms with E-state index in [1.165, 1.54) is 0 Å². The van der Waals surface area contributed by atoms with Crippen molar-refractivity contribution in [3.63, 3.8) is 0 Å². The first-order valence-electron chi connectivity index (χ1n) is 10.8. The minimum absolute atomic E-state index is 0. The molecule has 164 valence electrons. The van der Waals surface area contributed by atoms with E-state index >= 15 is 0 Å². The third-order valence-corrected chi connectivity index (χ3v) is 5.14. The van der Waals surface area contributed by atoms with Crippen LogP contribution in [0, 0.1) is 0 Å². The number of hydrogen-bond acceptors (Lipinski definition) is 4. The summed E-state index contributed by atoms with van der Waals surface area (Å²) in [5.41, 5.74) is 6.01. The first-order valence-corrected chi connectivity index (χ1v) is 10.8. The normalized spacial score (nSPS) is 10.1. The van der Waals surface area contributed by atoms with Gasteiger partial charge in [0.2, 0.25) is 0 Å². The number of rotatable bonds is 4. The van der Waals surface area contributed by atoms with Crippen LogP contribution in [0.2, 0.25) is 0 Å². The van der Waals surface area contributed by atoms with E-state index in [1.807, 2.05) is 84.9 Å². The number of imidazole rings is 2. The molecular formula is C28H20N6Zn. The summed E-state index contributed by atoms with van der Waals surface area (Å²) in [7, 11) is 0. The number of nitrogens with zero attached hydrogens (tertiary/aromatic N) is 6. The van der Waals surface area contributed by atoms with E-state index in [9.17, 15) is 0 Å². The zero-order valence-electron chi connectivity index (χ0n) is 18.9. The molecule has 35 heavy (non-hydrogen) atoms. The van der Waals surface area contributed by atoms with Gasteiger partial charge in [0.25, 0.3) is 0 Å². The Balaban J connectivity index is 0.000000160. The van der Waals surface area contributed by atoms with Gasteiger partial charge < -0.3 is 19.9 Å². The monoisotopic (exact) mass is 504 g/mol. The number of benzene rings is 2. The van der Waals surface area contributed by atoms with Crippen LogP contribution >= 0.6 is 0 Å². The van der Waals surface area contributed by atoms with Crippen molar-refractivity contribution in [3.05, 3.63) is 122 Å². The molecule has 0 saturated carbocycles. The summed E-state index contributed by atoms with van der Waals surface area (Å²) >= 11 is 0. The molecule has 2 aromatic carbocycles. The molecule has 0 amide bonds. The van der Waals surface area contributed by atoms with Crippen LogP contribution in [-0.2, 0) is 19.5 Å². The van der Waals surface area contributed by atoms with Crippen LogP contribution in [0.1, 0.15) is 0 Å². The number of aromatic nitrogens is 6. The van der Waals surface area contributed by atoms with Gasteiger partial charge in [-0.05, 0) is 35.4 Å². The quantitative estimate of drug-likeness (QED) is 0.293. The first kappa shape index (κ1) is 23.9. The Morgan fingerprint density at radius 3 is 1.14 bits per heavy atom. The molecule has 0 saturated heterocycles. The summed E-state index contributed by atoms with van der Waals surface area (Å²) in [6.07, 6.45) is 10.4. The van der Waals surface area contributed by atoms with Gasteiger partial charge in [-0.3, -0.25) is 9.97 Å². The van der Waals surface area contributed by atoms with Crippen LogP contribution in [0.25, 0.3) is 45.3 Å². The summed E-state index contributed by atoms with van der Waals surface area (Å²) in [4.78, 5) is 25.7. The van der Waals surface area contributed by atoms with E-state index in [4.69, 9.17) is 0 Å². The molecule has 0 spiro atoms. The van der Waals surface area contributed by atoms with Crippen LogP contribution in [0.15, 0.2) is 122 Å². The Bertz CT molecular complexity index is 1320. The maximum Gasteiger partial charge on any atom is 2.00 e. The van der Waals surface area contributed by atoms with Gasteiger partial charge in [-0.2, -0.15) is 0 Å². The van der Waals surface area contributed by atoms with Gasteiger partial charge in [-0.15, -0.1) is 0 Å². The van der Waals surface area contributed by atoms with E-state index in [2.05, 4.69) is 29.9 Å². The molecule has 6 nitrogen and oxygen atoms in total. The third-order valence-electron chi connectivity index (χ3n) is 5.14. The van der Waals surface area contributed by atoms with Crippen molar-refractivity contribution in [2.75, 3.05) is 0 Å². The minimum atomic E-state index is 0. The summed E-state index contributed by atoms with van der Waals surface area (Å²) in [5, 5.41) is 0. The number of hydrogen-bond donors (Lipinski definition) is 0. The zero-order chi connectivity index (χ0) is 23.0. The average molecular weight is 506 g/mol. The molecule has 0 aliphatic rings. The molecule has 0 bridgehead atoms. The molecule has 0 fully saturated rings. The van der Waals surface area contributed by atoms with Gasteiger partial charge in [0, 0.05) is 23.5 Å². The second-order valence-corrected chi connectivity index (χ2v) is 7.28. The van der Waals surface area contributed by atoms with Crippen LogP contribution < -0.4 is 9.97 Å². The Morgan fingerprint density at radius 1 is 0.400 bits per heavy atom. The second-order valence-electron chi connectivity index (χ2n) is 7.28. The van der Waals surface area contributed by atoms with Crippen molar-refractivity contribution < 1.29 is 19.5 Å². The smallest absolute Gasteiger partial charge is 0.442 e.